The third kappa shape index (κ3) is 4.57. The van der Waals surface area contributed by atoms with Gasteiger partial charge in [0.15, 0.2) is 0 Å². The minimum atomic E-state index is -0.880. The molecule has 0 fully saturated rings. The molecule has 0 saturated heterocycles. The molecule has 1 atom stereocenters. The van der Waals surface area contributed by atoms with E-state index in [1.54, 1.807) is 13.1 Å². The second-order valence-corrected chi connectivity index (χ2v) is 4.45. The van der Waals surface area contributed by atoms with Crippen LogP contribution < -0.4 is 10.9 Å². The molecule has 1 rings (SSSR count). The van der Waals surface area contributed by atoms with Gasteiger partial charge in [-0.2, -0.15) is 0 Å². The molecule has 104 valence electrons. The van der Waals surface area contributed by atoms with E-state index < -0.39 is 5.97 Å². The Morgan fingerprint density at radius 2 is 2.16 bits per heavy atom. The highest BCUT2D eigenvalue weighted by Crippen LogP contribution is 2.07. The number of hydrogen-bond donors (Lipinski definition) is 2. The number of rotatable bonds is 6. The molecular weight excluding hydrogens is 248 g/mol. The van der Waals surface area contributed by atoms with Crippen LogP contribution in [0, 0.1) is 5.92 Å². The van der Waals surface area contributed by atoms with Crippen molar-refractivity contribution >= 4 is 11.9 Å². The van der Waals surface area contributed by atoms with Crippen LogP contribution in [0.3, 0.4) is 0 Å². The quantitative estimate of drug-likeness (QED) is 0.789. The van der Waals surface area contributed by atoms with Crippen LogP contribution in [-0.2, 0) is 11.8 Å². The molecule has 1 unspecified atom stereocenters. The first kappa shape index (κ1) is 14.9. The standard InChI is InChI=1S/C13H18N2O4/c1-3-9(6-12(17)18)8-14-13(19)10-4-5-15(2)11(16)7-10/h4-5,7,9H,3,6,8H2,1-2H3,(H,14,19)(H,17,18). The highest BCUT2D eigenvalue weighted by Gasteiger charge is 2.13. The fourth-order valence-corrected chi connectivity index (χ4v) is 1.64. The molecular formula is C13H18N2O4. The zero-order valence-corrected chi connectivity index (χ0v) is 11.0. The van der Waals surface area contributed by atoms with Gasteiger partial charge < -0.3 is 15.0 Å². The Hall–Kier alpha value is -2.11. The molecule has 0 aromatic carbocycles. The summed E-state index contributed by atoms with van der Waals surface area (Å²) in [4.78, 5) is 33.8. The summed E-state index contributed by atoms with van der Waals surface area (Å²) in [5, 5.41) is 11.4. The van der Waals surface area contributed by atoms with E-state index in [1.165, 1.54) is 16.8 Å². The number of aryl methyl sites for hydroxylation is 1. The lowest BCUT2D eigenvalue weighted by Gasteiger charge is -2.13. The van der Waals surface area contributed by atoms with Gasteiger partial charge in [-0.15, -0.1) is 0 Å². The lowest BCUT2D eigenvalue weighted by molar-refractivity contribution is -0.138. The molecule has 0 spiro atoms. The van der Waals surface area contributed by atoms with E-state index in [2.05, 4.69) is 5.32 Å². The summed E-state index contributed by atoms with van der Waals surface area (Å²) >= 11 is 0. The van der Waals surface area contributed by atoms with Crippen molar-refractivity contribution in [3.8, 4) is 0 Å². The molecule has 6 heteroatoms. The molecule has 0 aliphatic heterocycles. The van der Waals surface area contributed by atoms with E-state index in [0.717, 1.165) is 0 Å². The van der Waals surface area contributed by atoms with E-state index in [9.17, 15) is 14.4 Å². The Labute approximate surface area is 111 Å². The van der Waals surface area contributed by atoms with Crippen LogP contribution in [0.2, 0.25) is 0 Å². The molecule has 0 radical (unpaired) electrons. The number of pyridine rings is 1. The Morgan fingerprint density at radius 3 is 2.68 bits per heavy atom. The van der Waals surface area contributed by atoms with Crippen molar-refractivity contribution in [3.63, 3.8) is 0 Å². The van der Waals surface area contributed by atoms with E-state index >= 15 is 0 Å². The minimum absolute atomic E-state index is 0.0212. The summed E-state index contributed by atoms with van der Waals surface area (Å²) in [5.41, 5.74) is 0.0264. The number of aromatic nitrogens is 1. The van der Waals surface area contributed by atoms with E-state index in [4.69, 9.17) is 5.11 Å². The molecule has 0 bridgehead atoms. The summed E-state index contributed by atoms with van der Waals surface area (Å²) in [7, 11) is 1.60. The molecule has 1 aromatic heterocycles. The highest BCUT2D eigenvalue weighted by atomic mass is 16.4. The topological polar surface area (TPSA) is 88.4 Å². The van der Waals surface area contributed by atoms with Crippen LogP contribution >= 0.6 is 0 Å². The number of aliphatic carboxylic acids is 1. The molecule has 0 saturated carbocycles. The van der Waals surface area contributed by atoms with E-state index in [-0.39, 0.29) is 35.9 Å². The van der Waals surface area contributed by atoms with Gasteiger partial charge in [-0.3, -0.25) is 14.4 Å². The van der Waals surface area contributed by atoms with Gasteiger partial charge in [-0.05, 0) is 12.0 Å². The summed E-state index contributed by atoms with van der Waals surface area (Å²) < 4.78 is 1.37. The smallest absolute Gasteiger partial charge is 0.303 e. The van der Waals surface area contributed by atoms with Gasteiger partial charge >= 0.3 is 5.97 Å². The molecule has 1 aromatic rings. The number of amides is 1. The number of nitrogens with zero attached hydrogens (tertiary/aromatic N) is 1. The maximum atomic E-state index is 11.8. The molecule has 1 heterocycles. The number of nitrogens with one attached hydrogen (secondary N) is 1. The molecule has 6 nitrogen and oxygen atoms in total. The van der Waals surface area contributed by atoms with Crippen LogP contribution in [0.15, 0.2) is 23.1 Å². The van der Waals surface area contributed by atoms with Crippen molar-refractivity contribution < 1.29 is 14.7 Å². The predicted molar refractivity (Wildman–Crippen MR) is 70.1 cm³/mol. The van der Waals surface area contributed by atoms with Crippen LogP contribution in [0.5, 0.6) is 0 Å². The van der Waals surface area contributed by atoms with Crippen LogP contribution in [-0.4, -0.2) is 28.1 Å². The number of carboxylic acid groups (broad SMARTS) is 1. The van der Waals surface area contributed by atoms with Crippen molar-refractivity contribution in [2.24, 2.45) is 13.0 Å². The molecule has 0 aliphatic carbocycles. The van der Waals surface area contributed by atoms with Crippen molar-refractivity contribution in [1.29, 1.82) is 0 Å². The number of hydrogen-bond acceptors (Lipinski definition) is 3. The highest BCUT2D eigenvalue weighted by molar-refractivity contribution is 5.93. The second kappa shape index (κ2) is 6.72. The largest absolute Gasteiger partial charge is 0.481 e. The first-order chi connectivity index (χ1) is 8.93. The zero-order chi connectivity index (χ0) is 14.4. The van der Waals surface area contributed by atoms with Crippen LogP contribution in [0.4, 0.5) is 0 Å². The SMILES string of the molecule is CCC(CNC(=O)c1ccn(C)c(=O)c1)CC(=O)O. The van der Waals surface area contributed by atoms with Crippen LogP contribution in [0.1, 0.15) is 30.1 Å². The lowest BCUT2D eigenvalue weighted by Crippen LogP contribution is -2.31. The number of carbonyl (C=O) groups is 2. The fraction of sp³-hybridized carbons (Fsp3) is 0.462. The Morgan fingerprint density at radius 1 is 1.47 bits per heavy atom. The molecule has 19 heavy (non-hydrogen) atoms. The monoisotopic (exact) mass is 266 g/mol. The average Bonchev–Trinajstić information content (AvgIpc) is 2.36. The van der Waals surface area contributed by atoms with Crippen LogP contribution in [0.25, 0.3) is 0 Å². The third-order valence-corrected chi connectivity index (χ3v) is 2.96. The van der Waals surface area contributed by atoms with Gasteiger partial charge in [0.2, 0.25) is 0 Å². The predicted octanol–water partition coefficient (Wildman–Crippen LogP) is 0.616. The lowest BCUT2D eigenvalue weighted by atomic mass is 10.0. The van der Waals surface area contributed by atoms with Crippen molar-refractivity contribution in [2.45, 2.75) is 19.8 Å². The fourth-order valence-electron chi connectivity index (χ4n) is 1.64. The maximum Gasteiger partial charge on any atom is 0.303 e. The zero-order valence-electron chi connectivity index (χ0n) is 11.0. The summed E-state index contributed by atoms with van der Waals surface area (Å²) in [6, 6.07) is 2.81. The minimum Gasteiger partial charge on any atom is -0.481 e. The first-order valence-corrected chi connectivity index (χ1v) is 6.10. The second-order valence-electron chi connectivity index (χ2n) is 4.45. The van der Waals surface area contributed by atoms with Gasteiger partial charge in [0.1, 0.15) is 0 Å². The normalized spacial score (nSPS) is 11.9. The maximum absolute atomic E-state index is 11.8. The van der Waals surface area contributed by atoms with Gasteiger partial charge in [-0.1, -0.05) is 13.3 Å². The number of carboxylic acids is 1. The van der Waals surface area contributed by atoms with Gasteiger partial charge in [0, 0.05) is 37.8 Å². The molecule has 2 N–H and O–H groups in total. The average molecular weight is 266 g/mol. The first-order valence-electron chi connectivity index (χ1n) is 6.10. The summed E-state index contributed by atoms with van der Waals surface area (Å²) in [6.07, 6.45) is 2.21. The van der Waals surface area contributed by atoms with E-state index in [1.807, 2.05) is 6.92 Å². The molecule has 1 amide bonds. The third-order valence-electron chi connectivity index (χ3n) is 2.96. The van der Waals surface area contributed by atoms with Crippen molar-refractivity contribution in [1.82, 2.24) is 9.88 Å². The van der Waals surface area contributed by atoms with Crippen molar-refractivity contribution in [2.75, 3.05) is 6.54 Å². The van der Waals surface area contributed by atoms with Gasteiger partial charge in [0.25, 0.3) is 11.5 Å². The van der Waals surface area contributed by atoms with E-state index in [0.29, 0.717) is 6.42 Å². The van der Waals surface area contributed by atoms with Gasteiger partial charge in [-0.25, -0.2) is 0 Å². The Kier molecular flexibility index (Phi) is 5.29. The number of carbonyl (C=O) groups excluding carboxylic acids is 1. The Bertz CT molecular complexity index is 522. The Balaban J connectivity index is 2.61. The van der Waals surface area contributed by atoms with Crippen molar-refractivity contribution in [3.05, 3.63) is 34.2 Å². The molecule has 0 aliphatic rings. The summed E-state index contributed by atoms with van der Waals surface area (Å²) in [5.74, 6) is -1.34. The summed E-state index contributed by atoms with van der Waals surface area (Å²) in [6.45, 7) is 2.16. The van der Waals surface area contributed by atoms with Gasteiger partial charge in [0.05, 0.1) is 0 Å².